The predicted octanol–water partition coefficient (Wildman–Crippen LogP) is 0.122. The molecule has 3 nitrogen and oxygen atoms in total. The fraction of sp³-hybridized carbons (Fsp3) is 0.889. The molecule has 0 unspecified atom stereocenters. The number of carbonyl (C=O) groups excluding carboxylic acids is 1. The fourth-order valence-electron chi connectivity index (χ4n) is 1.31. The number of amides is 1. The highest BCUT2D eigenvalue weighted by Gasteiger charge is 2.38. The third-order valence-electron chi connectivity index (χ3n) is 2.95. The van der Waals surface area contributed by atoms with Gasteiger partial charge in [0.25, 0.3) is 0 Å². The van der Waals surface area contributed by atoms with Crippen molar-refractivity contribution >= 4 is 5.91 Å². The molecule has 0 aromatic rings. The van der Waals surface area contributed by atoms with Crippen molar-refractivity contribution in [2.75, 3.05) is 19.6 Å². The van der Waals surface area contributed by atoms with Crippen molar-refractivity contribution in [2.24, 2.45) is 11.3 Å². The average molecular weight is 168 g/mol. The first-order valence-corrected chi connectivity index (χ1v) is 4.68. The minimum absolute atomic E-state index is 0.238. The van der Waals surface area contributed by atoms with Crippen molar-refractivity contribution in [3.63, 3.8) is 0 Å². The van der Waals surface area contributed by atoms with Gasteiger partial charge < -0.3 is 10.6 Å². The molecule has 0 aromatic carbocycles. The van der Waals surface area contributed by atoms with Gasteiger partial charge in [0.1, 0.15) is 0 Å². The van der Waals surface area contributed by atoms with Crippen LogP contribution in [-0.4, -0.2) is 25.5 Å². The summed E-state index contributed by atoms with van der Waals surface area (Å²) in [4.78, 5) is 11.3. The lowest BCUT2D eigenvalue weighted by atomic mass is 10.0. The Morgan fingerprint density at radius 1 is 1.58 bits per heavy atom. The smallest absolute Gasteiger partial charge is 0.225 e. The molecule has 2 rings (SSSR count). The van der Waals surface area contributed by atoms with Crippen LogP contribution in [0.2, 0.25) is 0 Å². The Morgan fingerprint density at radius 3 is 2.67 bits per heavy atom. The summed E-state index contributed by atoms with van der Waals surface area (Å²) in [5, 5.41) is 6.10. The zero-order valence-electron chi connectivity index (χ0n) is 7.52. The van der Waals surface area contributed by atoms with E-state index in [2.05, 4.69) is 17.6 Å². The Morgan fingerprint density at radius 2 is 2.25 bits per heavy atom. The Hall–Kier alpha value is -0.570. The molecule has 2 N–H and O–H groups in total. The van der Waals surface area contributed by atoms with E-state index in [-0.39, 0.29) is 11.8 Å². The highest BCUT2D eigenvalue weighted by Crippen LogP contribution is 2.44. The molecule has 1 aliphatic carbocycles. The van der Waals surface area contributed by atoms with Crippen LogP contribution in [0.5, 0.6) is 0 Å². The van der Waals surface area contributed by atoms with Gasteiger partial charge in [0.2, 0.25) is 5.91 Å². The third kappa shape index (κ3) is 1.61. The lowest BCUT2D eigenvalue weighted by molar-refractivity contribution is -0.126. The van der Waals surface area contributed by atoms with Crippen molar-refractivity contribution in [3.8, 4) is 0 Å². The van der Waals surface area contributed by atoms with Crippen LogP contribution in [0.1, 0.15) is 19.8 Å². The summed E-state index contributed by atoms with van der Waals surface area (Å²) >= 11 is 0. The first kappa shape index (κ1) is 8.05. The van der Waals surface area contributed by atoms with Gasteiger partial charge in [-0.3, -0.25) is 4.79 Å². The van der Waals surface area contributed by atoms with Gasteiger partial charge in [0.15, 0.2) is 0 Å². The molecule has 1 saturated carbocycles. The molecule has 1 saturated heterocycles. The normalized spacial score (nSPS) is 26.1. The van der Waals surface area contributed by atoms with Crippen molar-refractivity contribution in [2.45, 2.75) is 19.8 Å². The number of rotatable bonds is 3. The van der Waals surface area contributed by atoms with Gasteiger partial charge in [-0.2, -0.15) is 0 Å². The van der Waals surface area contributed by atoms with Gasteiger partial charge in [0, 0.05) is 19.6 Å². The van der Waals surface area contributed by atoms with Crippen molar-refractivity contribution in [1.82, 2.24) is 10.6 Å². The van der Waals surface area contributed by atoms with Crippen molar-refractivity contribution in [3.05, 3.63) is 0 Å². The number of hydrogen-bond donors (Lipinski definition) is 2. The minimum Gasteiger partial charge on any atom is -0.355 e. The maximum atomic E-state index is 11.3. The maximum Gasteiger partial charge on any atom is 0.225 e. The molecule has 1 heterocycles. The molecule has 68 valence electrons. The second-order valence-corrected chi connectivity index (χ2v) is 4.38. The van der Waals surface area contributed by atoms with E-state index < -0.39 is 0 Å². The Balaban J connectivity index is 1.68. The van der Waals surface area contributed by atoms with Crippen LogP contribution in [0.25, 0.3) is 0 Å². The van der Waals surface area contributed by atoms with E-state index in [4.69, 9.17) is 0 Å². The van der Waals surface area contributed by atoms with Gasteiger partial charge in [0.05, 0.1) is 5.92 Å². The van der Waals surface area contributed by atoms with E-state index in [1.54, 1.807) is 0 Å². The zero-order chi connectivity index (χ0) is 8.60. The predicted molar refractivity (Wildman–Crippen MR) is 46.7 cm³/mol. The summed E-state index contributed by atoms with van der Waals surface area (Å²) < 4.78 is 0. The molecule has 0 aromatic heterocycles. The highest BCUT2D eigenvalue weighted by molar-refractivity contribution is 5.80. The molecule has 2 fully saturated rings. The van der Waals surface area contributed by atoms with E-state index in [0.29, 0.717) is 5.41 Å². The lowest BCUT2D eigenvalue weighted by Gasteiger charge is -2.26. The van der Waals surface area contributed by atoms with Crippen LogP contribution in [0, 0.1) is 11.3 Å². The van der Waals surface area contributed by atoms with Gasteiger partial charge in [-0.25, -0.2) is 0 Å². The molecule has 3 heteroatoms. The quantitative estimate of drug-likeness (QED) is 0.628. The highest BCUT2D eigenvalue weighted by atomic mass is 16.2. The summed E-state index contributed by atoms with van der Waals surface area (Å²) in [6.45, 7) is 4.83. The summed E-state index contributed by atoms with van der Waals surface area (Å²) in [5.41, 5.74) is 0.437. The zero-order valence-corrected chi connectivity index (χ0v) is 7.52. The van der Waals surface area contributed by atoms with Crippen LogP contribution in [-0.2, 0) is 4.79 Å². The minimum atomic E-state index is 0.238. The van der Waals surface area contributed by atoms with Crippen molar-refractivity contribution in [1.29, 1.82) is 0 Å². The monoisotopic (exact) mass is 168 g/mol. The SMILES string of the molecule is CC1(CNC(=O)C2CNC2)CC1. The van der Waals surface area contributed by atoms with Gasteiger partial charge in [-0.1, -0.05) is 6.92 Å². The first-order valence-electron chi connectivity index (χ1n) is 4.68. The summed E-state index contributed by atoms with van der Waals surface area (Å²) in [5.74, 6) is 0.481. The van der Waals surface area contributed by atoms with Gasteiger partial charge >= 0.3 is 0 Å². The first-order chi connectivity index (χ1) is 5.70. The summed E-state index contributed by atoms with van der Waals surface area (Å²) in [7, 11) is 0. The van der Waals surface area contributed by atoms with Crippen LogP contribution in [0.4, 0.5) is 0 Å². The van der Waals surface area contributed by atoms with Gasteiger partial charge in [-0.05, 0) is 18.3 Å². The van der Waals surface area contributed by atoms with Crippen LogP contribution < -0.4 is 10.6 Å². The molecule has 0 atom stereocenters. The molecule has 0 spiro atoms. The molecule has 12 heavy (non-hydrogen) atoms. The van der Waals surface area contributed by atoms with E-state index >= 15 is 0 Å². The molecular formula is C9H16N2O. The van der Waals surface area contributed by atoms with E-state index in [1.807, 2.05) is 0 Å². The second kappa shape index (κ2) is 2.73. The largest absolute Gasteiger partial charge is 0.355 e. The van der Waals surface area contributed by atoms with Crippen LogP contribution in [0.3, 0.4) is 0 Å². The molecule has 1 amide bonds. The van der Waals surface area contributed by atoms with Crippen LogP contribution in [0.15, 0.2) is 0 Å². The molecule has 0 radical (unpaired) electrons. The van der Waals surface area contributed by atoms with E-state index in [9.17, 15) is 4.79 Å². The third-order valence-corrected chi connectivity index (χ3v) is 2.95. The Kier molecular flexibility index (Phi) is 1.83. The number of hydrogen-bond acceptors (Lipinski definition) is 2. The fourth-order valence-corrected chi connectivity index (χ4v) is 1.31. The van der Waals surface area contributed by atoms with E-state index in [1.165, 1.54) is 12.8 Å². The van der Waals surface area contributed by atoms with E-state index in [0.717, 1.165) is 19.6 Å². The second-order valence-electron chi connectivity index (χ2n) is 4.38. The Bertz CT molecular complexity index is 195. The summed E-state index contributed by atoms with van der Waals surface area (Å²) in [6, 6.07) is 0. The topological polar surface area (TPSA) is 41.1 Å². The molecular weight excluding hydrogens is 152 g/mol. The lowest BCUT2D eigenvalue weighted by Crippen LogP contribution is -2.51. The van der Waals surface area contributed by atoms with Gasteiger partial charge in [-0.15, -0.1) is 0 Å². The van der Waals surface area contributed by atoms with Crippen LogP contribution >= 0.6 is 0 Å². The number of nitrogens with one attached hydrogen (secondary N) is 2. The molecule has 2 aliphatic rings. The standard InChI is InChI=1S/C9H16N2O/c1-9(2-3-9)6-11-8(12)7-4-10-5-7/h7,10H,2-6H2,1H3,(H,11,12). The molecule has 1 aliphatic heterocycles. The average Bonchev–Trinajstić information content (AvgIpc) is 2.62. The number of carbonyl (C=O) groups is 1. The Labute approximate surface area is 72.9 Å². The summed E-state index contributed by atoms with van der Waals surface area (Å²) in [6.07, 6.45) is 2.55. The molecule has 0 bridgehead atoms. The maximum absolute atomic E-state index is 11.3. The van der Waals surface area contributed by atoms with Crippen molar-refractivity contribution < 1.29 is 4.79 Å².